The molecule has 1 atom stereocenters. The number of piperazine rings is 1. The zero-order chi connectivity index (χ0) is 22.7. The van der Waals surface area contributed by atoms with Crippen LogP contribution in [0.4, 0.5) is 15.8 Å². The topological polar surface area (TPSA) is 94.1 Å². The van der Waals surface area contributed by atoms with Gasteiger partial charge < -0.3 is 15.1 Å². The number of nitrogens with one attached hydrogen (secondary N) is 2. The lowest BCUT2D eigenvalue weighted by atomic mass is 10.1. The van der Waals surface area contributed by atoms with Gasteiger partial charge in [-0.1, -0.05) is 0 Å². The molecule has 2 amide bonds. The first-order valence-corrected chi connectivity index (χ1v) is 10.4. The van der Waals surface area contributed by atoms with Crippen molar-refractivity contribution in [3.63, 3.8) is 0 Å². The Kier molecular flexibility index (Phi) is 6.16. The number of rotatable bonds is 4. The molecule has 2 heterocycles. The van der Waals surface area contributed by atoms with Crippen molar-refractivity contribution < 1.29 is 18.8 Å². The minimum Gasteiger partial charge on any atom is -0.368 e. The molecule has 2 aromatic carbocycles. The van der Waals surface area contributed by atoms with Crippen LogP contribution in [0.5, 0.6) is 0 Å². The number of aliphatic imine (C=N–C) groups is 1. The van der Waals surface area contributed by atoms with Gasteiger partial charge in [-0.05, 0) is 55.5 Å². The molecule has 0 aliphatic carbocycles. The minimum absolute atomic E-state index is 0.0313. The Labute approximate surface area is 185 Å². The van der Waals surface area contributed by atoms with Crippen LogP contribution in [0.25, 0.3) is 0 Å². The average Bonchev–Trinajstić information content (AvgIpc) is 2.79. The van der Waals surface area contributed by atoms with E-state index in [1.54, 1.807) is 36.4 Å². The van der Waals surface area contributed by atoms with E-state index in [9.17, 15) is 18.8 Å². The number of nitrogens with zero attached hydrogens (tertiary/aromatic N) is 3. The van der Waals surface area contributed by atoms with Gasteiger partial charge in [0.25, 0.3) is 0 Å². The quantitative estimate of drug-likeness (QED) is 0.714. The van der Waals surface area contributed by atoms with Gasteiger partial charge >= 0.3 is 0 Å². The molecule has 0 radical (unpaired) electrons. The molecule has 0 spiro atoms. The highest BCUT2D eigenvalue weighted by atomic mass is 19.1. The Morgan fingerprint density at radius 3 is 2.25 bits per heavy atom. The first-order valence-electron chi connectivity index (χ1n) is 10.4. The normalized spacial score (nSPS) is 18.6. The standard InChI is InChI=1S/C23H24FN5O3/c1-15(30)16-2-6-18(7-3-16)25-22(32)20-14-21(31)27-23(26-20)29-12-10-28(11-13-29)19-8-4-17(24)5-9-19/h2-9,20H,10-14H2,1H3,(H,25,32)(H,26,27,31)/t20-/m1/s1. The number of Topliss-reactive ketones (excluding diaryl/α,β-unsaturated/α-hetero) is 1. The van der Waals surface area contributed by atoms with Crippen molar-refractivity contribution in [1.82, 2.24) is 10.2 Å². The van der Waals surface area contributed by atoms with Gasteiger partial charge in [-0.15, -0.1) is 0 Å². The zero-order valence-corrected chi connectivity index (χ0v) is 17.7. The number of anilines is 2. The van der Waals surface area contributed by atoms with Crippen LogP contribution in [0.3, 0.4) is 0 Å². The van der Waals surface area contributed by atoms with Crippen molar-refractivity contribution in [3.8, 4) is 0 Å². The van der Waals surface area contributed by atoms with E-state index in [4.69, 9.17) is 0 Å². The Bertz CT molecular complexity index is 1040. The summed E-state index contributed by atoms with van der Waals surface area (Å²) in [5, 5.41) is 5.53. The van der Waals surface area contributed by atoms with Crippen LogP contribution in [0.1, 0.15) is 23.7 Å². The second-order valence-electron chi connectivity index (χ2n) is 7.79. The molecule has 166 valence electrons. The van der Waals surface area contributed by atoms with Gasteiger partial charge in [0.05, 0.1) is 6.42 Å². The Hall–Kier alpha value is -3.75. The highest BCUT2D eigenvalue weighted by molar-refractivity contribution is 6.06. The predicted octanol–water partition coefficient (Wildman–Crippen LogP) is 2.03. The third-order valence-electron chi connectivity index (χ3n) is 5.54. The van der Waals surface area contributed by atoms with Crippen LogP contribution in [0.15, 0.2) is 53.5 Å². The third-order valence-corrected chi connectivity index (χ3v) is 5.54. The molecule has 8 nitrogen and oxygen atoms in total. The first-order chi connectivity index (χ1) is 15.4. The summed E-state index contributed by atoms with van der Waals surface area (Å²) in [5.74, 6) is -0.570. The fraction of sp³-hybridized carbons (Fsp3) is 0.304. The molecule has 2 N–H and O–H groups in total. The molecule has 1 fully saturated rings. The van der Waals surface area contributed by atoms with E-state index < -0.39 is 6.04 Å². The zero-order valence-electron chi connectivity index (χ0n) is 17.7. The highest BCUT2D eigenvalue weighted by Crippen LogP contribution is 2.18. The molecular formula is C23H24FN5O3. The fourth-order valence-corrected chi connectivity index (χ4v) is 3.73. The first kappa shape index (κ1) is 21.5. The van der Waals surface area contributed by atoms with Crippen LogP contribution in [-0.2, 0) is 9.59 Å². The van der Waals surface area contributed by atoms with Crippen LogP contribution in [-0.4, -0.2) is 60.7 Å². The number of guanidine groups is 1. The molecule has 1 saturated heterocycles. The van der Waals surface area contributed by atoms with Crippen LogP contribution >= 0.6 is 0 Å². The molecular weight excluding hydrogens is 413 g/mol. The van der Waals surface area contributed by atoms with E-state index in [2.05, 4.69) is 20.5 Å². The van der Waals surface area contributed by atoms with E-state index in [1.165, 1.54) is 19.1 Å². The van der Waals surface area contributed by atoms with E-state index in [0.717, 1.165) is 5.69 Å². The SMILES string of the molecule is CC(=O)c1ccc(NC(=O)[C@H]2CC(=O)NC(N3CCN(c4ccc(F)cc4)CC3)=N2)cc1. The summed E-state index contributed by atoms with van der Waals surface area (Å²) in [4.78, 5) is 44.9. The molecule has 2 aliphatic rings. The van der Waals surface area contributed by atoms with Crippen molar-refractivity contribution >= 4 is 34.9 Å². The van der Waals surface area contributed by atoms with E-state index in [0.29, 0.717) is 43.4 Å². The maximum atomic E-state index is 13.2. The Balaban J connectivity index is 1.39. The van der Waals surface area contributed by atoms with Gasteiger partial charge in [-0.25, -0.2) is 9.38 Å². The number of carbonyl (C=O) groups is 3. The number of hydrogen-bond acceptors (Lipinski definition) is 6. The van der Waals surface area contributed by atoms with Crippen LogP contribution < -0.4 is 15.5 Å². The largest absolute Gasteiger partial charge is 0.368 e. The number of benzene rings is 2. The molecule has 4 rings (SSSR count). The molecule has 0 unspecified atom stereocenters. The molecule has 0 saturated carbocycles. The van der Waals surface area contributed by atoms with Gasteiger partial charge in [-0.2, -0.15) is 0 Å². The van der Waals surface area contributed by atoms with Crippen molar-refractivity contribution in [1.29, 1.82) is 0 Å². The summed E-state index contributed by atoms with van der Waals surface area (Å²) >= 11 is 0. The van der Waals surface area contributed by atoms with Crippen molar-refractivity contribution in [3.05, 3.63) is 59.9 Å². The summed E-state index contributed by atoms with van der Waals surface area (Å²) in [6.45, 7) is 4.05. The van der Waals surface area contributed by atoms with Gasteiger partial charge in [-0.3, -0.25) is 19.7 Å². The smallest absolute Gasteiger partial charge is 0.249 e. The number of halogens is 1. The maximum absolute atomic E-state index is 13.2. The molecule has 9 heteroatoms. The summed E-state index contributed by atoms with van der Waals surface area (Å²) in [5.41, 5.74) is 2.03. The minimum atomic E-state index is -0.832. The summed E-state index contributed by atoms with van der Waals surface area (Å²) in [6, 6.07) is 12.1. The average molecular weight is 437 g/mol. The molecule has 0 bridgehead atoms. The fourth-order valence-electron chi connectivity index (χ4n) is 3.73. The van der Waals surface area contributed by atoms with Crippen molar-refractivity contribution in [2.24, 2.45) is 4.99 Å². The van der Waals surface area contributed by atoms with E-state index in [-0.39, 0.29) is 29.8 Å². The van der Waals surface area contributed by atoms with Gasteiger partial charge in [0.2, 0.25) is 17.8 Å². The highest BCUT2D eigenvalue weighted by Gasteiger charge is 2.30. The lowest BCUT2D eigenvalue weighted by Gasteiger charge is -2.38. The number of ketones is 1. The monoisotopic (exact) mass is 437 g/mol. The number of amides is 2. The molecule has 0 aromatic heterocycles. The summed E-state index contributed by atoms with van der Waals surface area (Å²) < 4.78 is 13.2. The second kappa shape index (κ2) is 9.17. The van der Waals surface area contributed by atoms with Gasteiger partial charge in [0.15, 0.2) is 5.78 Å². The summed E-state index contributed by atoms with van der Waals surface area (Å²) in [6.07, 6.45) is -0.0313. The molecule has 2 aromatic rings. The molecule has 32 heavy (non-hydrogen) atoms. The maximum Gasteiger partial charge on any atom is 0.249 e. The van der Waals surface area contributed by atoms with Gasteiger partial charge in [0.1, 0.15) is 11.9 Å². The predicted molar refractivity (Wildman–Crippen MR) is 119 cm³/mol. The number of carbonyl (C=O) groups excluding carboxylic acids is 3. The van der Waals surface area contributed by atoms with E-state index in [1.807, 2.05) is 4.90 Å². The summed E-state index contributed by atoms with van der Waals surface area (Å²) in [7, 11) is 0. The van der Waals surface area contributed by atoms with Crippen molar-refractivity contribution in [2.45, 2.75) is 19.4 Å². The van der Waals surface area contributed by atoms with Crippen LogP contribution in [0.2, 0.25) is 0 Å². The molecule has 2 aliphatic heterocycles. The van der Waals surface area contributed by atoms with Gasteiger partial charge in [0, 0.05) is 43.1 Å². The van der Waals surface area contributed by atoms with Crippen LogP contribution in [0, 0.1) is 5.82 Å². The lowest BCUT2D eigenvalue weighted by Crippen LogP contribution is -2.56. The van der Waals surface area contributed by atoms with Crippen molar-refractivity contribution in [2.75, 3.05) is 36.4 Å². The second-order valence-corrected chi connectivity index (χ2v) is 7.79. The third kappa shape index (κ3) is 4.93. The van der Waals surface area contributed by atoms with E-state index >= 15 is 0 Å². The lowest BCUT2D eigenvalue weighted by molar-refractivity contribution is -0.125. The number of hydrogen-bond donors (Lipinski definition) is 2. The Morgan fingerprint density at radius 1 is 1.00 bits per heavy atom. The Morgan fingerprint density at radius 2 is 1.62 bits per heavy atom.